The molecule has 0 saturated heterocycles. The molecule has 0 spiro atoms. The summed E-state index contributed by atoms with van der Waals surface area (Å²) in [5.74, 6) is -0.192. The van der Waals surface area contributed by atoms with Gasteiger partial charge in [0.2, 0.25) is 10.0 Å². The molecule has 0 aromatic heterocycles. The van der Waals surface area contributed by atoms with Gasteiger partial charge in [-0.05, 0) is 48.9 Å². The zero-order valence-corrected chi connectivity index (χ0v) is 17.1. The zero-order chi connectivity index (χ0) is 21.0. The van der Waals surface area contributed by atoms with E-state index in [9.17, 15) is 18.0 Å². The Morgan fingerprint density at radius 3 is 2.62 bits per heavy atom. The molecule has 0 radical (unpaired) electrons. The number of fused-ring (bicyclic) bond motifs is 1. The molecule has 1 aliphatic rings. The predicted molar refractivity (Wildman–Crippen MR) is 110 cm³/mol. The molecule has 9 heteroatoms. The van der Waals surface area contributed by atoms with Gasteiger partial charge >= 0.3 is 0 Å². The summed E-state index contributed by atoms with van der Waals surface area (Å²) in [4.78, 5) is 24.0. The van der Waals surface area contributed by atoms with Crippen LogP contribution in [0.2, 0.25) is 0 Å². The Morgan fingerprint density at radius 2 is 1.93 bits per heavy atom. The highest BCUT2D eigenvalue weighted by atomic mass is 32.2. The van der Waals surface area contributed by atoms with Crippen LogP contribution in [0.15, 0.2) is 47.4 Å². The van der Waals surface area contributed by atoms with Gasteiger partial charge in [-0.3, -0.25) is 9.59 Å². The fourth-order valence-corrected chi connectivity index (χ4v) is 4.02. The second-order valence-corrected chi connectivity index (χ2v) is 8.75. The second kappa shape index (κ2) is 8.62. The molecule has 0 atom stereocenters. The number of sulfonamides is 1. The minimum Gasteiger partial charge on any atom is -0.482 e. The third kappa shape index (κ3) is 4.75. The van der Waals surface area contributed by atoms with E-state index in [1.165, 1.54) is 16.4 Å². The van der Waals surface area contributed by atoms with E-state index in [0.717, 1.165) is 12.8 Å². The van der Waals surface area contributed by atoms with Gasteiger partial charge in [-0.1, -0.05) is 13.3 Å². The van der Waals surface area contributed by atoms with E-state index >= 15 is 0 Å². The number of carbonyl (C=O) groups is 2. The summed E-state index contributed by atoms with van der Waals surface area (Å²) in [6.45, 7) is 2.36. The molecule has 2 aromatic carbocycles. The van der Waals surface area contributed by atoms with E-state index in [1.54, 1.807) is 37.4 Å². The number of nitrogens with one attached hydrogen (secondary N) is 2. The molecule has 0 unspecified atom stereocenters. The van der Waals surface area contributed by atoms with E-state index < -0.39 is 10.0 Å². The van der Waals surface area contributed by atoms with Crippen molar-refractivity contribution in [2.24, 2.45) is 0 Å². The monoisotopic (exact) mass is 417 g/mol. The topological polar surface area (TPSA) is 105 Å². The van der Waals surface area contributed by atoms with Crippen LogP contribution in [-0.2, 0) is 14.8 Å². The van der Waals surface area contributed by atoms with Crippen molar-refractivity contribution in [3.05, 3.63) is 48.0 Å². The first kappa shape index (κ1) is 20.8. The lowest BCUT2D eigenvalue weighted by Gasteiger charge is -2.18. The smallest absolute Gasteiger partial charge is 0.262 e. The van der Waals surface area contributed by atoms with Crippen molar-refractivity contribution in [2.75, 3.05) is 30.8 Å². The Balaban J connectivity index is 1.70. The van der Waals surface area contributed by atoms with Gasteiger partial charge in [0, 0.05) is 24.8 Å². The van der Waals surface area contributed by atoms with E-state index in [4.69, 9.17) is 4.74 Å². The van der Waals surface area contributed by atoms with Crippen LogP contribution in [0.3, 0.4) is 0 Å². The van der Waals surface area contributed by atoms with Crippen molar-refractivity contribution >= 4 is 33.2 Å². The van der Waals surface area contributed by atoms with Crippen molar-refractivity contribution < 1.29 is 22.7 Å². The number of benzene rings is 2. The van der Waals surface area contributed by atoms with Gasteiger partial charge in [0.15, 0.2) is 6.61 Å². The normalized spacial score (nSPS) is 13.4. The lowest BCUT2D eigenvalue weighted by atomic mass is 10.1. The highest BCUT2D eigenvalue weighted by molar-refractivity contribution is 7.89. The average molecular weight is 417 g/mol. The molecule has 29 heavy (non-hydrogen) atoms. The molecule has 0 fully saturated rings. The zero-order valence-electron chi connectivity index (χ0n) is 16.3. The average Bonchev–Trinajstić information content (AvgIpc) is 2.71. The van der Waals surface area contributed by atoms with Gasteiger partial charge in [-0.15, -0.1) is 0 Å². The number of ether oxygens (including phenoxy) is 1. The van der Waals surface area contributed by atoms with Gasteiger partial charge in [0.25, 0.3) is 11.8 Å². The first-order valence-electron chi connectivity index (χ1n) is 9.25. The Labute approximate surface area is 169 Å². The highest BCUT2D eigenvalue weighted by Crippen LogP contribution is 2.29. The van der Waals surface area contributed by atoms with Crippen molar-refractivity contribution in [3.8, 4) is 5.75 Å². The molecule has 154 valence electrons. The lowest BCUT2D eigenvalue weighted by Crippen LogP contribution is -2.27. The minimum atomic E-state index is -3.55. The Hall–Kier alpha value is -2.91. The number of hydrogen-bond acceptors (Lipinski definition) is 5. The second-order valence-electron chi connectivity index (χ2n) is 6.71. The maximum Gasteiger partial charge on any atom is 0.262 e. The molecule has 3 rings (SSSR count). The maximum absolute atomic E-state index is 12.5. The van der Waals surface area contributed by atoms with Crippen molar-refractivity contribution in [3.63, 3.8) is 0 Å². The molecule has 2 amide bonds. The summed E-state index contributed by atoms with van der Waals surface area (Å²) in [5, 5.41) is 5.39. The summed E-state index contributed by atoms with van der Waals surface area (Å²) in [6.07, 6.45) is 1.70. The van der Waals surface area contributed by atoms with Gasteiger partial charge in [0.05, 0.1) is 10.6 Å². The summed E-state index contributed by atoms with van der Waals surface area (Å²) >= 11 is 0. The van der Waals surface area contributed by atoms with Crippen molar-refractivity contribution in [1.29, 1.82) is 0 Å². The van der Waals surface area contributed by atoms with Crippen LogP contribution in [0.25, 0.3) is 0 Å². The number of hydrogen-bond donors (Lipinski definition) is 2. The van der Waals surface area contributed by atoms with Gasteiger partial charge in [-0.25, -0.2) is 12.7 Å². The van der Waals surface area contributed by atoms with Crippen LogP contribution >= 0.6 is 0 Å². The van der Waals surface area contributed by atoms with Crippen LogP contribution in [0, 0.1) is 0 Å². The van der Waals surface area contributed by atoms with Crippen molar-refractivity contribution in [2.45, 2.75) is 24.7 Å². The molecule has 1 heterocycles. The van der Waals surface area contributed by atoms with Crippen LogP contribution in [0.1, 0.15) is 30.1 Å². The number of amides is 2. The molecule has 0 bridgehead atoms. The maximum atomic E-state index is 12.5. The molecule has 2 N–H and O–H groups in total. The molecule has 8 nitrogen and oxygen atoms in total. The number of anilines is 2. The quantitative estimate of drug-likeness (QED) is 0.721. The molecule has 1 aliphatic heterocycles. The fourth-order valence-electron chi connectivity index (χ4n) is 2.81. The van der Waals surface area contributed by atoms with Crippen LogP contribution in [0.5, 0.6) is 5.75 Å². The van der Waals surface area contributed by atoms with Gasteiger partial charge in [0.1, 0.15) is 5.75 Å². The van der Waals surface area contributed by atoms with E-state index in [1.807, 2.05) is 6.92 Å². The molecule has 2 aromatic rings. The van der Waals surface area contributed by atoms with Crippen LogP contribution in [0.4, 0.5) is 11.4 Å². The molecule has 0 aliphatic carbocycles. The molecule has 0 saturated carbocycles. The molecular weight excluding hydrogens is 394 g/mol. The predicted octanol–water partition coefficient (Wildman–Crippen LogP) is 2.69. The van der Waals surface area contributed by atoms with Crippen molar-refractivity contribution in [1.82, 2.24) is 4.31 Å². The number of rotatable bonds is 7. The Morgan fingerprint density at radius 1 is 1.21 bits per heavy atom. The summed E-state index contributed by atoms with van der Waals surface area (Å²) in [7, 11) is -2.00. The number of nitrogens with zero attached hydrogens (tertiary/aromatic N) is 1. The summed E-state index contributed by atoms with van der Waals surface area (Å²) < 4.78 is 31.7. The van der Waals surface area contributed by atoms with Crippen LogP contribution in [-0.4, -0.2) is 44.7 Å². The lowest BCUT2D eigenvalue weighted by molar-refractivity contribution is -0.118. The van der Waals surface area contributed by atoms with E-state index in [2.05, 4.69) is 10.6 Å². The SMILES string of the molecule is CCCCN(C)S(=O)(=O)c1ccc(NC(=O)c2ccc3c(c2)OCC(=O)N3)cc1. The fraction of sp³-hybridized carbons (Fsp3) is 0.300. The van der Waals surface area contributed by atoms with Crippen LogP contribution < -0.4 is 15.4 Å². The first-order valence-corrected chi connectivity index (χ1v) is 10.7. The largest absolute Gasteiger partial charge is 0.482 e. The first-order chi connectivity index (χ1) is 13.8. The van der Waals surface area contributed by atoms with Gasteiger partial charge in [-0.2, -0.15) is 0 Å². The van der Waals surface area contributed by atoms with Gasteiger partial charge < -0.3 is 15.4 Å². The number of unbranched alkanes of at least 4 members (excludes halogenated alkanes) is 1. The Kier molecular flexibility index (Phi) is 6.19. The summed E-state index contributed by atoms with van der Waals surface area (Å²) in [5.41, 5.74) is 1.34. The van der Waals surface area contributed by atoms with E-state index in [-0.39, 0.29) is 23.3 Å². The number of carbonyl (C=O) groups excluding carboxylic acids is 2. The molecular formula is C20H23N3O5S. The summed E-state index contributed by atoms with van der Waals surface area (Å²) in [6, 6.07) is 10.8. The standard InChI is InChI=1S/C20H23N3O5S/c1-3-4-11-23(2)29(26,27)16-8-6-15(7-9-16)21-20(25)14-5-10-17-18(12-14)28-13-19(24)22-17/h5-10,12H,3-4,11,13H2,1-2H3,(H,21,25)(H,22,24). The minimum absolute atomic E-state index is 0.0965. The Bertz CT molecular complexity index is 1020. The third-order valence-corrected chi connectivity index (χ3v) is 6.39. The highest BCUT2D eigenvalue weighted by Gasteiger charge is 2.21. The third-order valence-electron chi connectivity index (χ3n) is 4.52. The van der Waals surface area contributed by atoms with E-state index in [0.29, 0.717) is 29.2 Å².